The lowest BCUT2D eigenvalue weighted by molar-refractivity contribution is 0.120. The van der Waals surface area contributed by atoms with Crippen molar-refractivity contribution >= 4 is 11.8 Å². The molecule has 0 saturated carbocycles. The van der Waals surface area contributed by atoms with E-state index in [1.54, 1.807) is 0 Å². The highest BCUT2D eigenvalue weighted by Gasteiger charge is 2.40. The summed E-state index contributed by atoms with van der Waals surface area (Å²) in [6, 6.07) is 0.441. The van der Waals surface area contributed by atoms with Gasteiger partial charge in [-0.3, -0.25) is 0 Å². The third-order valence-electron chi connectivity index (χ3n) is 2.59. The molecule has 2 nitrogen and oxygen atoms in total. The summed E-state index contributed by atoms with van der Waals surface area (Å²) < 4.78 is 0. The molecule has 84 valence electrons. The average molecular weight is 217 g/mol. The summed E-state index contributed by atoms with van der Waals surface area (Å²) in [6.45, 7) is 9.10. The smallest absolute Gasteiger partial charge is 0.0621 e. The molecule has 1 atom stereocenters. The summed E-state index contributed by atoms with van der Waals surface area (Å²) in [6.07, 6.45) is 1.07. The molecule has 1 aliphatic rings. The van der Waals surface area contributed by atoms with Gasteiger partial charge in [0.05, 0.1) is 12.1 Å². The Hall–Kier alpha value is 0.270. The minimum atomic E-state index is -0.0550. The highest BCUT2D eigenvalue weighted by molar-refractivity contribution is 7.99. The molecular formula is C11H23NOS. The van der Waals surface area contributed by atoms with Crippen LogP contribution in [0, 0.1) is 5.41 Å². The maximum absolute atomic E-state index is 9.55. The molecule has 0 amide bonds. The first-order valence-electron chi connectivity index (χ1n) is 5.35. The van der Waals surface area contributed by atoms with E-state index >= 15 is 0 Å². The molecular weight excluding hydrogens is 194 g/mol. The van der Waals surface area contributed by atoms with Crippen molar-refractivity contribution in [2.24, 2.45) is 5.41 Å². The molecule has 1 fully saturated rings. The predicted octanol–water partition coefficient (Wildman–Crippen LogP) is 1.88. The summed E-state index contributed by atoms with van der Waals surface area (Å²) in [5, 5.41) is 13.1. The summed E-state index contributed by atoms with van der Waals surface area (Å²) in [4.78, 5) is 0. The van der Waals surface area contributed by atoms with E-state index in [9.17, 15) is 5.11 Å². The average Bonchev–Trinajstić information content (AvgIpc) is 2.01. The lowest BCUT2D eigenvalue weighted by Gasteiger charge is -2.45. The van der Waals surface area contributed by atoms with Crippen molar-refractivity contribution in [2.45, 2.75) is 45.7 Å². The molecule has 0 aromatic carbocycles. The second kappa shape index (κ2) is 4.42. The molecule has 1 aliphatic heterocycles. The van der Waals surface area contributed by atoms with Gasteiger partial charge in [0.15, 0.2) is 0 Å². The van der Waals surface area contributed by atoms with Crippen LogP contribution in [0.2, 0.25) is 0 Å². The highest BCUT2D eigenvalue weighted by Crippen LogP contribution is 2.39. The molecule has 14 heavy (non-hydrogen) atoms. The van der Waals surface area contributed by atoms with Gasteiger partial charge in [-0.2, -0.15) is 11.8 Å². The van der Waals surface area contributed by atoms with Crippen molar-refractivity contribution < 1.29 is 5.11 Å². The fraction of sp³-hybridized carbons (Fsp3) is 1.00. The van der Waals surface area contributed by atoms with Crippen LogP contribution in [-0.2, 0) is 0 Å². The molecule has 3 heteroatoms. The maximum Gasteiger partial charge on any atom is 0.0621 e. The van der Waals surface area contributed by atoms with E-state index < -0.39 is 0 Å². The zero-order chi connectivity index (χ0) is 10.8. The Morgan fingerprint density at radius 1 is 1.36 bits per heavy atom. The molecule has 2 N–H and O–H groups in total. The minimum Gasteiger partial charge on any atom is -0.394 e. The molecule has 0 aromatic heterocycles. The number of hydrogen-bond acceptors (Lipinski definition) is 3. The minimum absolute atomic E-state index is 0.0550. The first-order valence-corrected chi connectivity index (χ1v) is 6.51. The molecule has 0 aromatic rings. The molecule has 1 rings (SSSR count). The van der Waals surface area contributed by atoms with Gasteiger partial charge in [0.1, 0.15) is 0 Å². The Morgan fingerprint density at radius 3 is 2.43 bits per heavy atom. The molecule has 1 unspecified atom stereocenters. The number of hydrogen-bond donors (Lipinski definition) is 2. The zero-order valence-electron chi connectivity index (χ0n) is 9.76. The van der Waals surface area contributed by atoms with Crippen molar-refractivity contribution in [1.82, 2.24) is 5.32 Å². The Labute approximate surface area is 91.9 Å². The van der Waals surface area contributed by atoms with E-state index in [0.29, 0.717) is 11.5 Å². The number of aliphatic hydroxyl groups is 1. The molecule has 0 spiro atoms. The van der Waals surface area contributed by atoms with E-state index in [1.165, 1.54) is 5.75 Å². The van der Waals surface area contributed by atoms with Crippen molar-refractivity contribution in [3.63, 3.8) is 0 Å². The van der Waals surface area contributed by atoms with Crippen LogP contribution in [0.5, 0.6) is 0 Å². The maximum atomic E-state index is 9.55. The normalized spacial score (nSPS) is 32.1. The second-order valence-electron chi connectivity index (χ2n) is 5.57. The van der Waals surface area contributed by atoms with Crippen LogP contribution in [0.3, 0.4) is 0 Å². The van der Waals surface area contributed by atoms with E-state index in [4.69, 9.17) is 0 Å². The Balaban J connectivity index is 2.68. The lowest BCUT2D eigenvalue weighted by atomic mass is 9.80. The number of aliphatic hydroxyl groups excluding tert-OH is 1. The number of rotatable bonds is 3. The lowest BCUT2D eigenvalue weighted by Crippen LogP contribution is -2.58. The van der Waals surface area contributed by atoms with Crippen molar-refractivity contribution in [2.75, 3.05) is 18.1 Å². The molecule has 0 aliphatic carbocycles. The van der Waals surface area contributed by atoms with E-state index in [-0.39, 0.29) is 12.1 Å². The molecule has 0 bridgehead atoms. The monoisotopic (exact) mass is 217 g/mol. The van der Waals surface area contributed by atoms with Crippen molar-refractivity contribution in [3.8, 4) is 0 Å². The van der Waals surface area contributed by atoms with Crippen LogP contribution >= 0.6 is 11.8 Å². The fourth-order valence-corrected chi connectivity index (χ4v) is 3.82. The van der Waals surface area contributed by atoms with Gasteiger partial charge < -0.3 is 10.4 Å². The Morgan fingerprint density at radius 2 is 2.00 bits per heavy atom. The molecule has 1 heterocycles. The molecule has 0 radical (unpaired) electrons. The van der Waals surface area contributed by atoms with Gasteiger partial charge in [-0.25, -0.2) is 0 Å². The SMILES string of the molecule is CC(C)NC1(CO)CSCC(C)(C)C1. The number of nitrogens with one attached hydrogen (secondary N) is 1. The number of thioether (sulfide) groups is 1. The van der Waals surface area contributed by atoms with Crippen LogP contribution in [-0.4, -0.2) is 34.8 Å². The predicted molar refractivity (Wildman–Crippen MR) is 63.8 cm³/mol. The van der Waals surface area contributed by atoms with Crippen LogP contribution < -0.4 is 5.32 Å². The van der Waals surface area contributed by atoms with Gasteiger partial charge in [0.2, 0.25) is 0 Å². The standard InChI is InChI=1S/C11H23NOS/c1-9(2)12-11(6-13)5-10(3,4)7-14-8-11/h9,12-13H,5-8H2,1-4H3. The largest absolute Gasteiger partial charge is 0.394 e. The Bertz CT molecular complexity index is 194. The van der Waals surface area contributed by atoms with Crippen LogP contribution in [0.1, 0.15) is 34.1 Å². The van der Waals surface area contributed by atoms with Crippen molar-refractivity contribution in [3.05, 3.63) is 0 Å². The van der Waals surface area contributed by atoms with Gasteiger partial charge in [-0.1, -0.05) is 27.7 Å². The zero-order valence-corrected chi connectivity index (χ0v) is 10.6. The van der Waals surface area contributed by atoms with Crippen LogP contribution in [0.4, 0.5) is 0 Å². The summed E-state index contributed by atoms with van der Waals surface area (Å²) >= 11 is 1.95. The van der Waals surface area contributed by atoms with Gasteiger partial charge in [0, 0.05) is 11.8 Å². The van der Waals surface area contributed by atoms with E-state index in [1.807, 2.05) is 11.8 Å². The quantitative estimate of drug-likeness (QED) is 0.757. The third kappa shape index (κ3) is 3.14. The van der Waals surface area contributed by atoms with E-state index in [0.717, 1.165) is 12.2 Å². The highest BCUT2D eigenvalue weighted by atomic mass is 32.2. The second-order valence-corrected chi connectivity index (χ2v) is 6.56. The van der Waals surface area contributed by atoms with Gasteiger partial charge >= 0.3 is 0 Å². The van der Waals surface area contributed by atoms with Gasteiger partial charge in [0.25, 0.3) is 0 Å². The van der Waals surface area contributed by atoms with Crippen molar-refractivity contribution in [1.29, 1.82) is 0 Å². The van der Waals surface area contributed by atoms with Crippen LogP contribution in [0.15, 0.2) is 0 Å². The molecule has 1 saturated heterocycles. The summed E-state index contributed by atoms with van der Waals surface area (Å²) in [7, 11) is 0. The fourth-order valence-electron chi connectivity index (χ4n) is 2.39. The van der Waals surface area contributed by atoms with E-state index in [2.05, 4.69) is 33.0 Å². The first-order chi connectivity index (χ1) is 6.39. The summed E-state index contributed by atoms with van der Waals surface area (Å²) in [5.74, 6) is 2.24. The van der Waals surface area contributed by atoms with Gasteiger partial charge in [-0.05, 0) is 17.6 Å². The van der Waals surface area contributed by atoms with Crippen LogP contribution in [0.25, 0.3) is 0 Å². The first kappa shape index (κ1) is 12.3. The van der Waals surface area contributed by atoms with Gasteiger partial charge in [-0.15, -0.1) is 0 Å². The summed E-state index contributed by atoms with van der Waals surface area (Å²) in [5.41, 5.74) is 0.286. The topological polar surface area (TPSA) is 32.3 Å². The Kier molecular flexibility index (Phi) is 3.89. The third-order valence-corrected chi connectivity index (χ3v) is 4.33.